The third kappa shape index (κ3) is 4.10. The van der Waals surface area contributed by atoms with E-state index in [9.17, 15) is 14.0 Å². The van der Waals surface area contributed by atoms with Crippen LogP contribution in [0.4, 0.5) is 4.39 Å². The summed E-state index contributed by atoms with van der Waals surface area (Å²) in [4.78, 5) is 25.5. The van der Waals surface area contributed by atoms with Crippen molar-refractivity contribution in [1.82, 2.24) is 5.32 Å². The monoisotopic (exact) mass is 471 g/mol. The van der Waals surface area contributed by atoms with Gasteiger partial charge in [0.25, 0.3) is 5.91 Å². The van der Waals surface area contributed by atoms with E-state index in [0.29, 0.717) is 34.9 Å². The second kappa shape index (κ2) is 7.73. The predicted molar refractivity (Wildman–Crippen MR) is 122 cm³/mol. The third-order valence-electron chi connectivity index (χ3n) is 7.34. The fraction of sp³-hybridized carbons (Fsp3) is 0.462. The van der Waals surface area contributed by atoms with Crippen LogP contribution < -0.4 is 14.8 Å². The molecule has 3 aliphatic carbocycles. The van der Waals surface area contributed by atoms with Crippen LogP contribution in [0, 0.1) is 18.2 Å². The Morgan fingerprint density at radius 2 is 1.94 bits per heavy atom. The molecule has 1 aliphatic heterocycles. The first-order valence-electron chi connectivity index (χ1n) is 11.3. The number of aryl methyl sites for hydroxylation is 2. The van der Waals surface area contributed by atoms with Gasteiger partial charge < -0.3 is 14.8 Å². The quantitative estimate of drug-likeness (QED) is 0.620. The van der Waals surface area contributed by atoms with Crippen molar-refractivity contribution in [2.75, 3.05) is 6.61 Å². The highest BCUT2D eigenvalue weighted by atomic mass is 35.5. The summed E-state index contributed by atoms with van der Waals surface area (Å²) in [5, 5.41) is 3.87. The van der Waals surface area contributed by atoms with Crippen LogP contribution in [0.25, 0.3) is 0 Å². The van der Waals surface area contributed by atoms with Crippen LogP contribution in [0.2, 0.25) is 5.02 Å². The van der Waals surface area contributed by atoms with Crippen LogP contribution in [0.3, 0.4) is 0 Å². The average molecular weight is 472 g/mol. The summed E-state index contributed by atoms with van der Waals surface area (Å²) < 4.78 is 25.2. The highest BCUT2D eigenvalue weighted by molar-refractivity contribution is 6.30. The third-order valence-corrected chi connectivity index (χ3v) is 7.58. The van der Waals surface area contributed by atoms with Crippen molar-refractivity contribution < 1.29 is 23.5 Å². The van der Waals surface area contributed by atoms with E-state index in [1.54, 1.807) is 25.1 Å². The Kier molecular flexibility index (Phi) is 5.20. The van der Waals surface area contributed by atoms with Gasteiger partial charge in [-0.05, 0) is 80.3 Å². The predicted octanol–water partition coefficient (Wildman–Crippen LogP) is 4.95. The number of ether oxygens (including phenoxy) is 2. The van der Waals surface area contributed by atoms with Gasteiger partial charge in [-0.2, -0.15) is 0 Å². The summed E-state index contributed by atoms with van der Waals surface area (Å²) in [6, 6.07) is 10.1. The van der Waals surface area contributed by atoms with Crippen molar-refractivity contribution >= 4 is 23.3 Å². The lowest BCUT2D eigenvalue weighted by Crippen LogP contribution is -2.76. The van der Waals surface area contributed by atoms with Gasteiger partial charge in [0, 0.05) is 29.5 Å². The lowest BCUT2D eigenvalue weighted by Gasteiger charge is -2.71. The summed E-state index contributed by atoms with van der Waals surface area (Å²) in [5.41, 5.74) is 0.355. The maximum Gasteiger partial charge on any atom is 0.264 e. The van der Waals surface area contributed by atoms with Crippen molar-refractivity contribution in [3.05, 3.63) is 58.4 Å². The van der Waals surface area contributed by atoms with Crippen LogP contribution >= 0.6 is 11.6 Å². The fourth-order valence-corrected chi connectivity index (χ4v) is 5.85. The molecule has 0 spiro atoms. The minimum absolute atomic E-state index is 0.00606. The SMILES string of the molecule is Cc1ccc(OCC(=O)CC23CC(NC(=O)C4(C)CCc5cc(Cl)ccc5O4)(C2)C3)cc1F. The lowest BCUT2D eigenvalue weighted by molar-refractivity contribution is -0.179. The summed E-state index contributed by atoms with van der Waals surface area (Å²) in [6.07, 6.45) is 4.11. The van der Waals surface area contributed by atoms with Crippen LogP contribution in [-0.2, 0) is 16.0 Å². The zero-order valence-corrected chi connectivity index (χ0v) is 19.6. The number of amides is 1. The minimum atomic E-state index is -0.920. The topological polar surface area (TPSA) is 64.6 Å². The number of halogens is 2. The molecule has 3 fully saturated rings. The van der Waals surface area contributed by atoms with Gasteiger partial charge >= 0.3 is 0 Å². The molecule has 3 saturated carbocycles. The van der Waals surface area contributed by atoms with Crippen molar-refractivity contribution in [1.29, 1.82) is 0 Å². The molecule has 1 atom stereocenters. The van der Waals surface area contributed by atoms with Gasteiger partial charge in [0.05, 0.1) is 0 Å². The van der Waals surface area contributed by atoms with Crippen molar-refractivity contribution in [3.8, 4) is 11.5 Å². The summed E-state index contributed by atoms with van der Waals surface area (Å²) in [7, 11) is 0. The lowest BCUT2D eigenvalue weighted by atomic mass is 9.38. The van der Waals surface area contributed by atoms with Gasteiger partial charge in [-0.25, -0.2) is 4.39 Å². The highest BCUT2D eigenvalue weighted by Gasteiger charge is 2.69. The van der Waals surface area contributed by atoms with Gasteiger partial charge in [0.15, 0.2) is 11.4 Å². The standard InChI is InChI=1S/C26H27ClFNO4/c1-16-3-5-20(10-21(16)28)32-12-19(30)11-25-13-26(14-25,15-25)29-23(31)24(2)8-7-17-9-18(27)4-6-22(17)33-24/h3-6,9-10H,7-8,11-15H2,1-2H3,(H,29,31). The normalized spacial score (nSPS) is 29.1. The molecule has 4 aliphatic rings. The molecule has 174 valence electrons. The number of carbonyl (C=O) groups is 2. The van der Waals surface area contributed by atoms with Crippen LogP contribution in [0.5, 0.6) is 11.5 Å². The molecule has 6 rings (SSSR count). The van der Waals surface area contributed by atoms with Crippen molar-refractivity contribution in [2.24, 2.45) is 5.41 Å². The number of hydrogen-bond donors (Lipinski definition) is 1. The summed E-state index contributed by atoms with van der Waals surface area (Å²) in [5.74, 6) is 0.606. The second-order valence-corrected chi connectivity index (χ2v) is 10.7. The molecule has 0 saturated heterocycles. The first-order chi connectivity index (χ1) is 15.6. The van der Waals surface area contributed by atoms with E-state index in [-0.39, 0.29) is 35.1 Å². The largest absolute Gasteiger partial charge is 0.486 e. The Hall–Kier alpha value is -2.60. The Bertz CT molecular complexity index is 1130. The number of fused-ring (bicyclic) bond motifs is 1. The minimum Gasteiger partial charge on any atom is -0.486 e. The smallest absolute Gasteiger partial charge is 0.264 e. The number of nitrogens with one attached hydrogen (secondary N) is 1. The first-order valence-corrected chi connectivity index (χ1v) is 11.7. The first kappa shape index (κ1) is 22.2. The number of benzene rings is 2. The maximum absolute atomic E-state index is 13.6. The maximum atomic E-state index is 13.6. The van der Waals surface area contributed by atoms with Gasteiger partial charge in [-0.1, -0.05) is 17.7 Å². The molecule has 2 bridgehead atoms. The van der Waals surface area contributed by atoms with E-state index in [2.05, 4.69) is 5.32 Å². The number of hydrogen-bond acceptors (Lipinski definition) is 4. The molecule has 0 aromatic heterocycles. The Morgan fingerprint density at radius 3 is 2.67 bits per heavy atom. The van der Waals surface area contributed by atoms with Crippen LogP contribution in [-0.4, -0.2) is 29.4 Å². The number of carbonyl (C=O) groups excluding carboxylic acids is 2. The molecule has 1 unspecified atom stereocenters. The molecule has 33 heavy (non-hydrogen) atoms. The van der Waals surface area contributed by atoms with Crippen molar-refractivity contribution in [3.63, 3.8) is 0 Å². The molecule has 1 heterocycles. The molecule has 7 heteroatoms. The second-order valence-electron chi connectivity index (χ2n) is 10.3. The number of ketones is 1. The fourth-order valence-electron chi connectivity index (χ4n) is 5.66. The highest BCUT2D eigenvalue weighted by Crippen LogP contribution is 2.69. The van der Waals surface area contributed by atoms with Gasteiger partial charge in [0.2, 0.25) is 0 Å². The molecular formula is C26H27ClFNO4. The molecule has 0 radical (unpaired) electrons. The summed E-state index contributed by atoms with van der Waals surface area (Å²) in [6.45, 7) is 3.44. The summed E-state index contributed by atoms with van der Waals surface area (Å²) >= 11 is 6.06. The van der Waals surface area contributed by atoms with E-state index in [4.69, 9.17) is 21.1 Å². The Balaban J connectivity index is 1.11. The zero-order chi connectivity index (χ0) is 23.4. The molecule has 1 amide bonds. The molecule has 5 nitrogen and oxygen atoms in total. The number of Topliss-reactive ketones (excluding diaryl/α,β-unsaturated/α-hetero) is 1. The Morgan fingerprint density at radius 1 is 1.18 bits per heavy atom. The van der Waals surface area contributed by atoms with Gasteiger partial charge in [-0.15, -0.1) is 0 Å². The van der Waals surface area contributed by atoms with Crippen molar-refractivity contribution in [2.45, 2.75) is 63.5 Å². The van der Waals surface area contributed by atoms with E-state index in [1.165, 1.54) is 6.07 Å². The van der Waals surface area contributed by atoms with E-state index in [1.807, 2.05) is 19.1 Å². The van der Waals surface area contributed by atoms with Crippen LogP contribution in [0.1, 0.15) is 50.2 Å². The molecular weight excluding hydrogens is 445 g/mol. The molecule has 1 N–H and O–H groups in total. The van der Waals surface area contributed by atoms with Gasteiger partial charge in [0.1, 0.15) is 23.9 Å². The average Bonchev–Trinajstić information content (AvgIpc) is 2.72. The molecule has 2 aromatic carbocycles. The zero-order valence-electron chi connectivity index (χ0n) is 18.8. The van der Waals surface area contributed by atoms with E-state index in [0.717, 1.165) is 31.2 Å². The van der Waals surface area contributed by atoms with E-state index < -0.39 is 5.60 Å². The van der Waals surface area contributed by atoms with E-state index >= 15 is 0 Å². The molecule has 2 aromatic rings. The Labute approximate surface area is 197 Å². The van der Waals surface area contributed by atoms with Gasteiger partial charge in [-0.3, -0.25) is 9.59 Å². The van der Waals surface area contributed by atoms with Crippen LogP contribution in [0.15, 0.2) is 36.4 Å². The number of rotatable bonds is 7.